The normalized spacial score (nSPS) is 13.1. The van der Waals surface area contributed by atoms with Crippen molar-refractivity contribution in [1.82, 2.24) is 4.90 Å². The predicted molar refractivity (Wildman–Crippen MR) is 108 cm³/mol. The van der Waals surface area contributed by atoms with Gasteiger partial charge in [0.05, 0.1) is 11.4 Å². The van der Waals surface area contributed by atoms with E-state index in [-0.39, 0.29) is 17.4 Å². The number of carbonyl (C=O) groups excluding carboxylic acids is 2. The van der Waals surface area contributed by atoms with Crippen LogP contribution in [0.4, 0.5) is 11.4 Å². The number of amides is 1. The molecule has 0 aromatic heterocycles. The average Bonchev–Trinajstić information content (AvgIpc) is 2.64. The van der Waals surface area contributed by atoms with Gasteiger partial charge in [-0.1, -0.05) is 36.5 Å². The smallest absolute Gasteiger partial charge is 0.234 e. The molecule has 1 aliphatic rings. The topological polar surface area (TPSA) is 61.8 Å². The van der Waals surface area contributed by atoms with Crippen molar-refractivity contribution < 1.29 is 9.59 Å². The number of thioether (sulfide) groups is 1. The van der Waals surface area contributed by atoms with Crippen molar-refractivity contribution in [2.75, 3.05) is 18.1 Å². The summed E-state index contributed by atoms with van der Waals surface area (Å²) in [7, 11) is 1.89. The summed E-state index contributed by atoms with van der Waals surface area (Å²) in [5, 5.41) is 3.56. The van der Waals surface area contributed by atoms with Gasteiger partial charge in [0.15, 0.2) is 11.0 Å². The summed E-state index contributed by atoms with van der Waals surface area (Å²) in [6.45, 7) is 5.62. The van der Waals surface area contributed by atoms with Crippen molar-refractivity contribution in [2.45, 2.75) is 6.92 Å². The highest BCUT2D eigenvalue weighted by Crippen LogP contribution is 2.34. The number of rotatable bonds is 4. The Labute approximate surface area is 156 Å². The minimum atomic E-state index is -0.133. The van der Waals surface area contributed by atoms with Crippen molar-refractivity contribution in [3.63, 3.8) is 0 Å². The van der Waals surface area contributed by atoms with Gasteiger partial charge in [0.2, 0.25) is 5.91 Å². The molecule has 2 aromatic carbocycles. The number of benzene rings is 2. The Balaban J connectivity index is 1.63. The SMILES string of the molecule is C=C1c2ccccc2N=C(SCC(=O)Nc2ccc(C(C)=O)cc2)N1C. The number of amidine groups is 1. The highest BCUT2D eigenvalue weighted by Gasteiger charge is 2.21. The number of Topliss-reactive ketones (excluding diaryl/α,β-unsaturated/α-hetero) is 1. The first-order chi connectivity index (χ1) is 12.5. The van der Waals surface area contributed by atoms with Crippen LogP contribution in [-0.4, -0.2) is 34.6 Å². The van der Waals surface area contributed by atoms with Crippen LogP contribution in [0.15, 0.2) is 60.1 Å². The van der Waals surface area contributed by atoms with Gasteiger partial charge >= 0.3 is 0 Å². The van der Waals surface area contributed by atoms with Crippen LogP contribution in [0.1, 0.15) is 22.8 Å². The molecule has 132 valence electrons. The molecule has 0 radical (unpaired) electrons. The third kappa shape index (κ3) is 3.86. The van der Waals surface area contributed by atoms with Gasteiger partial charge < -0.3 is 10.2 Å². The number of hydrogen-bond donors (Lipinski definition) is 1. The van der Waals surface area contributed by atoms with Gasteiger partial charge in [-0.2, -0.15) is 0 Å². The first-order valence-electron chi connectivity index (χ1n) is 8.10. The summed E-state index contributed by atoms with van der Waals surface area (Å²) in [5.74, 6) is 0.0935. The third-order valence-corrected chi connectivity index (χ3v) is 5.06. The highest BCUT2D eigenvalue weighted by atomic mass is 32.2. The van der Waals surface area contributed by atoms with E-state index in [9.17, 15) is 9.59 Å². The number of carbonyl (C=O) groups is 2. The summed E-state index contributed by atoms with van der Waals surface area (Å²) in [5.41, 5.74) is 3.99. The van der Waals surface area contributed by atoms with Crippen molar-refractivity contribution >= 4 is 45.7 Å². The molecular weight excluding hydrogens is 346 g/mol. The summed E-state index contributed by atoms with van der Waals surface area (Å²) < 4.78 is 0. The lowest BCUT2D eigenvalue weighted by atomic mass is 10.1. The zero-order chi connectivity index (χ0) is 18.7. The molecule has 1 amide bonds. The Morgan fingerprint density at radius 1 is 1.15 bits per heavy atom. The van der Waals surface area contributed by atoms with E-state index in [0.717, 1.165) is 22.1 Å². The molecule has 0 spiro atoms. The summed E-state index contributed by atoms with van der Waals surface area (Å²) in [4.78, 5) is 30.0. The quantitative estimate of drug-likeness (QED) is 0.826. The van der Waals surface area contributed by atoms with E-state index in [1.807, 2.05) is 36.2 Å². The second-order valence-corrected chi connectivity index (χ2v) is 6.83. The van der Waals surface area contributed by atoms with Gasteiger partial charge in [0.1, 0.15) is 0 Å². The molecule has 2 aromatic rings. The lowest BCUT2D eigenvalue weighted by molar-refractivity contribution is -0.113. The molecule has 5 nitrogen and oxygen atoms in total. The number of para-hydroxylation sites is 1. The van der Waals surface area contributed by atoms with E-state index in [0.29, 0.717) is 11.3 Å². The molecule has 1 heterocycles. The Morgan fingerprint density at radius 2 is 1.85 bits per heavy atom. The lowest BCUT2D eigenvalue weighted by Gasteiger charge is -2.28. The number of nitrogens with zero attached hydrogens (tertiary/aromatic N) is 2. The second-order valence-electron chi connectivity index (χ2n) is 5.89. The Morgan fingerprint density at radius 3 is 2.54 bits per heavy atom. The molecule has 1 aliphatic heterocycles. The first-order valence-corrected chi connectivity index (χ1v) is 9.08. The number of aliphatic imine (C=N–C) groups is 1. The number of fused-ring (bicyclic) bond motifs is 1. The molecule has 26 heavy (non-hydrogen) atoms. The molecule has 0 fully saturated rings. The van der Waals surface area contributed by atoms with E-state index in [2.05, 4.69) is 16.9 Å². The number of nitrogens with one attached hydrogen (secondary N) is 1. The van der Waals surface area contributed by atoms with Gasteiger partial charge in [-0.15, -0.1) is 0 Å². The molecule has 6 heteroatoms. The largest absolute Gasteiger partial charge is 0.325 e. The third-order valence-electron chi connectivity index (χ3n) is 4.03. The second kappa shape index (κ2) is 7.58. The van der Waals surface area contributed by atoms with Crippen LogP contribution < -0.4 is 5.32 Å². The fourth-order valence-electron chi connectivity index (χ4n) is 2.53. The molecule has 0 saturated carbocycles. The zero-order valence-corrected chi connectivity index (χ0v) is 15.5. The molecule has 0 atom stereocenters. The first kappa shape index (κ1) is 17.9. The minimum Gasteiger partial charge on any atom is -0.325 e. The van der Waals surface area contributed by atoms with Crippen molar-refractivity contribution in [3.05, 3.63) is 66.2 Å². The maximum Gasteiger partial charge on any atom is 0.234 e. The van der Waals surface area contributed by atoms with Crippen LogP contribution in [0.3, 0.4) is 0 Å². The summed E-state index contributed by atoms with van der Waals surface area (Å²) in [6, 6.07) is 14.7. The van der Waals surface area contributed by atoms with E-state index in [1.165, 1.54) is 18.7 Å². The average molecular weight is 365 g/mol. The minimum absolute atomic E-state index is 0.00251. The van der Waals surface area contributed by atoms with Crippen molar-refractivity contribution in [2.24, 2.45) is 4.99 Å². The van der Waals surface area contributed by atoms with Crippen LogP contribution >= 0.6 is 11.8 Å². The fourth-order valence-corrected chi connectivity index (χ4v) is 3.33. The van der Waals surface area contributed by atoms with Gasteiger partial charge in [-0.25, -0.2) is 4.99 Å². The van der Waals surface area contributed by atoms with E-state index in [1.54, 1.807) is 24.3 Å². The Kier molecular flexibility index (Phi) is 5.23. The van der Waals surface area contributed by atoms with Gasteiger partial charge in [-0.3, -0.25) is 9.59 Å². The van der Waals surface area contributed by atoms with Crippen LogP contribution in [-0.2, 0) is 4.79 Å². The zero-order valence-electron chi connectivity index (χ0n) is 14.7. The van der Waals surface area contributed by atoms with E-state index in [4.69, 9.17) is 0 Å². The maximum absolute atomic E-state index is 12.2. The monoisotopic (exact) mass is 365 g/mol. The molecule has 0 bridgehead atoms. The standard InChI is InChI=1S/C20H19N3O2S/c1-13-17-6-4-5-7-18(17)22-20(23(13)3)26-12-19(25)21-16-10-8-15(9-11-16)14(2)24/h4-11H,1,12H2,2-3H3,(H,21,25). The van der Waals surface area contributed by atoms with Crippen LogP contribution in [0.25, 0.3) is 5.70 Å². The van der Waals surface area contributed by atoms with Crippen molar-refractivity contribution in [1.29, 1.82) is 0 Å². The molecule has 3 rings (SSSR count). The van der Waals surface area contributed by atoms with E-state index < -0.39 is 0 Å². The highest BCUT2D eigenvalue weighted by molar-refractivity contribution is 8.14. The number of hydrogen-bond acceptors (Lipinski definition) is 5. The summed E-state index contributed by atoms with van der Waals surface area (Å²) >= 11 is 1.36. The number of ketones is 1. The predicted octanol–water partition coefficient (Wildman–Crippen LogP) is 4.16. The van der Waals surface area contributed by atoms with E-state index >= 15 is 0 Å². The lowest BCUT2D eigenvalue weighted by Crippen LogP contribution is -2.26. The molecule has 0 unspecified atom stereocenters. The van der Waals surface area contributed by atoms with Crippen LogP contribution in [0.5, 0.6) is 0 Å². The summed E-state index contributed by atoms with van der Waals surface area (Å²) in [6.07, 6.45) is 0. The molecular formula is C20H19N3O2S. The number of anilines is 1. The van der Waals surface area contributed by atoms with Gasteiger partial charge in [0.25, 0.3) is 0 Å². The van der Waals surface area contributed by atoms with Crippen LogP contribution in [0, 0.1) is 0 Å². The maximum atomic E-state index is 12.2. The van der Waals surface area contributed by atoms with Gasteiger partial charge in [0, 0.05) is 29.6 Å². The fraction of sp³-hybridized carbons (Fsp3) is 0.150. The van der Waals surface area contributed by atoms with Gasteiger partial charge in [-0.05, 0) is 37.3 Å². The van der Waals surface area contributed by atoms with Crippen molar-refractivity contribution in [3.8, 4) is 0 Å². The Hall–Kier alpha value is -2.86. The molecule has 0 aliphatic carbocycles. The molecule has 0 saturated heterocycles. The molecule has 1 N–H and O–H groups in total. The Bertz CT molecular complexity index is 904. The van der Waals surface area contributed by atoms with Crippen LogP contribution in [0.2, 0.25) is 0 Å².